The number of benzene rings is 3. The van der Waals surface area contributed by atoms with Crippen LogP contribution < -0.4 is 25.7 Å². The van der Waals surface area contributed by atoms with E-state index in [2.05, 4.69) is 102 Å². The molecule has 5 aromatic rings. The molecule has 0 aliphatic heterocycles. The standard InChI is InChI=1S/C38H45FN6O6Si/c1-7-14-27(21-22-51-52(38(2,3)4,28-15-10-8-11-16-28)29-17-12-9-13-18-29)40-34-32-31(41-36(42-34)43-37(48)50-6)33(39)44-45(32)24-26-20-19-25(35(46)47)23-30(26)49-5/h8-13,15-20,23,27H,7,14,21-22,24H2,1-6H3,(H,46,47)(H2,40,41,42,43,48). The molecular weight excluding hydrogens is 684 g/mol. The van der Waals surface area contributed by atoms with Crippen molar-refractivity contribution >= 4 is 53.6 Å². The first-order valence-electron chi connectivity index (χ1n) is 17.1. The molecule has 274 valence electrons. The summed E-state index contributed by atoms with van der Waals surface area (Å²) < 4.78 is 34.4. The van der Waals surface area contributed by atoms with Crippen molar-refractivity contribution in [2.45, 2.75) is 64.6 Å². The molecule has 0 aliphatic rings. The maximum atomic E-state index is 15.6. The fourth-order valence-electron chi connectivity index (χ4n) is 6.58. The molecule has 12 nitrogen and oxygen atoms in total. The lowest BCUT2D eigenvalue weighted by Crippen LogP contribution is -2.66. The molecule has 2 aromatic heterocycles. The molecule has 0 saturated heterocycles. The van der Waals surface area contributed by atoms with Gasteiger partial charge in [0.15, 0.2) is 11.3 Å². The summed E-state index contributed by atoms with van der Waals surface area (Å²) in [6.07, 6.45) is 1.34. The van der Waals surface area contributed by atoms with Crippen LogP contribution in [0.1, 0.15) is 62.9 Å². The number of nitrogens with zero attached hydrogens (tertiary/aromatic N) is 4. The Kier molecular flexibility index (Phi) is 11.9. The molecule has 0 saturated carbocycles. The number of rotatable bonds is 15. The highest BCUT2D eigenvalue weighted by Gasteiger charge is 2.50. The Morgan fingerprint density at radius 1 is 0.962 bits per heavy atom. The van der Waals surface area contributed by atoms with E-state index in [1.807, 2.05) is 12.1 Å². The highest BCUT2D eigenvalue weighted by molar-refractivity contribution is 6.99. The molecule has 14 heteroatoms. The molecule has 5 rings (SSSR count). The summed E-state index contributed by atoms with van der Waals surface area (Å²) in [6.45, 7) is 9.21. The van der Waals surface area contributed by atoms with Gasteiger partial charge < -0.3 is 24.3 Å². The highest BCUT2D eigenvalue weighted by atomic mass is 28.4. The number of fused-ring (bicyclic) bond motifs is 1. The van der Waals surface area contributed by atoms with Crippen LogP contribution in [0, 0.1) is 5.95 Å². The maximum Gasteiger partial charge on any atom is 0.413 e. The predicted molar refractivity (Wildman–Crippen MR) is 201 cm³/mol. The summed E-state index contributed by atoms with van der Waals surface area (Å²) in [7, 11) is -0.169. The maximum absolute atomic E-state index is 15.6. The summed E-state index contributed by atoms with van der Waals surface area (Å²) >= 11 is 0. The van der Waals surface area contributed by atoms with Gasteiger partial charge in [0, 0.05) is 18.2 Å². The number of carbonyl (C=O) groups is 2. The summed E-state index contributed by atoms with van der Waals surface area (Å²) in [5.41, 5.74) is 0.738. The van der Waals surface area contributed by atoms with Crippen LogP contribution in [0.2, 0.25) is 5.04 Å². The van der Waals surface area contributed by atoms with Crippen LogP contribution in [-0.2, 0) is 15.7 Å². The number of aromatic carboxylic acids is 1. The Bertz CT molecular complexity index is 1970. The monoisotopic (exact) mass is 728 g/mol. The Morgan fingerprint density at radius 2 is 1.62 bits per heavy atom. The second kappa shape index (κ2) is 16.3. The number of halogens is 1. The molecule has 52 heavy (non-hydrogen) atoms. The number of methoxy groups -OCH3 is 2. The third kappa shape index (κ3) is 8.08. The van der Waals surface area contributed by atoms with E-state index in [1.165, 1.54) is 41.4 Å². The van der Waals surface area contributed by atoms with Gasteiger partial charge in [-0.2, -0.15) is 9.37 Å². The van der Waals surface area contributed by atoms with E-state index in [1.54, 1.807) is 6.07 Å². The lowest BCUT2D eigenvalue weighted by Gasteiger charge is -2.43. The van der Waals surface area contributed by atoms with Crippen molar-refractivity contribution in [1.29, 1.82) is 0 Å². The Morgan fingerprint density at radius 3 is 2.17 bits per heavy atom. The number of ether oxygens (including phenoxy) is 2. The van der Waals surface area contributed by atoms with Crippen LogP contribution >= 0.6 is 0 Å². The minimum Gasteiger partial charge on any atom is -0.496 e. The molecule has 1 unspecified atom stereocenters. The van der Waals surface area contributed by atoms with E-state index in [0.717, 1.165) is 12.8 Å². The molecular formula is C38H45FN6O6Si. The first kappa shape index (κ1) is 37.9. The zero-order valence-electron chi connectivity index (χ0n) is 30.3. The van der Waals surface area contributed by atoms with Crippen molar-refractivity contribution in [3.05, 3.63) is 95.9 Å². The zero-order chi connectivity index (χ0) is 37.5. The van der Waals surface area contributed by atoms with Crippen LogP contribution in [0.4, 0.5) is 21.0 Å². The number of carboxylic acid groups (broad SMARTS) is 1. The van der Waals surface area contributed by atoms with Gasteiger partial charge >= 0.3 is 12.1 Å². The minimum absolute atomic E-state index is 0.0146. The highest BCUT2D eigenvalue weighted by Crippen LogP contribution is 2.37. The normalized spacial score (nSPS) is 12.4. The molecule has 0 fully saturated rings. The van der Waals surface area contributed by atoms with Crippen molar-refractivity contribution in [3.8, 4) is 5.75 Å². The summed E-state index contributed by atoms with van der Waals surface area (Å²) in [5, 5.41) is 21.7. The van der Waals surface area contributed by atoms with Crippen molar-refractivity contribution in [2.24, 2.45) is 0 Å². The average Bonchev–Trinajstić information content (AvgIpc) is 3.44. The first-order chi connectivity index (χ1) is 24.9. The molecule has 0 radical (unpaired) electrons. The second-order valence-electron chi connectivity index (χ2n) is 13.4. The van der Waals surface area contributed by atoms with Gasteiger partial charge in [-0.1, -0.05) is 101 Å². The number of carboxylic acids is 1. The fraction of sp³-hybridized carbons (Fsp3) is 0.342. The van der Waals surface area contributed by atoms with Gasteiger partial charge in [0.1, 0.15) is 11.3 Å². The van der Waals surface area contributed by atoms with Gasteiger partial charge in [0.2, 0.25) is 5.95 Å². The number of aromatic nitrogens is 4. The fourth-order valence-corrected chi connectivity index (χ4v) is 11.2. The molecule has 3 aromatic carbocycles. The van der Waals surface area contributed by atoms with Crippen LogP contribution in [0.5, 0.6) is 5.75 Å². The number of nitrogens with one attached hydrogen (secondary N) is 2. The quantitative estimate of drug-likeness (QED) is 0.103. The van der Waals surface area contributed by atoms with Crippen molar-refractivity contribution in [2.75, 3.05) is 31.5 Å². The number of hydrogen-bond donors (Lipinski definition) is 3. The average molecular weight is 729 g/mol. The van der Waals surface area contributed by atoms with Crippen LogP contribution in [-0.4, -0.2) is 72.1 Å². The Balaban J connectivity index is 1.52. The van der Waals surface area contributed by atoms with Crippen molar-refractivity contribution < 1.29 is 33.0 Å². The third-order valence-corrected chi connectivity index (χ3v) is 14.0. The number of carbonyl (C=O) groups excluding carboxylic acids is 1. The number of amides is 1. The van der Waals surface area contributed by atoms with Gasteiger partial charge in [-0.25, -0.2) is 14.6 Å². The van der Waals surface area contributed by atoms with Gasteiger partial charge in [0.05, 0.1) is 26.3 Å². The minimum atomic E-state index is -2.80. The first-order valence-corrected chi connectivity index (χ1v) is 19.0. The van der Waals surface area contributed by atoms with Gasteiger partial charge in [-0.3, -0.25) is 10.00 Å². The topological polar surface area (TPSA) is 150 Å². The van der Waals surface area contributed by atoms with Crippen LogP contribution in [0.3, 0.4) is 0 Å². The number of anilines is 2. The lowest BCUT2D eigenvalue weighted by atomic mass is 10.1. The third-order valence-electron chi connectivity index (χ3n) is 8.98. The predicted octanol–water partition coefficient (Wildman–Crippen LogP) is 6.45. The smallest absolute Gasteiger partial charge is 0.413 e. The van der Waals surface area contributed by atoms with Crippen molar-refractivity contribution in [1.82, 2.24) is 19.7 Å². The zero-order valence-corrected chi connectivity index (χ0v) is 31.3. The molecule has 2 heterocycles. The van der Waals surface area contributed by atoms with Gasteiger partial charge in [0.25, 0.3) is 14.3 Å². The van der Waals surface area contributed by atoms with E-state index in [9.17, 15) is 14.7 Å². The largest absolute Gasteiger partial charge is 0.496 e. The Labute approximate surface area is 303 Å². The summed E-state index contributed by atoms with van der Waals surface area (Å²) in [5.74, 6) is -1.60. The van der Waals surface area contributed by atoms with Crippen molar-refractivity contribution in [3.63, 3.8) is 0 Å². The Hall–Kier alpha value is -5.34. The van der Waals surface area contributed by atoms with Crippen LogP contribution in [0.15, 0.2) is 78.9 Å². The van der Waals surface area contributed by atoms with Crippen LogP contribution in [0.25, 0.3) is 11.0 Å². The molecule has 1 amide bonds. The van der Waals surface area contributed by atoms with Gasteiger partial charge in [-0.15, -0.1) is 5.10 Å². The van der Waals surface area contributed by atoms with Gasteiger partial charge in [-0.05, 0) is 40.4 Å². The van der Waals surface area contributed by atoms with E-state index < -0.39 is 26.3 Å². The lowest BCUT2D eigenvalue weighted by molar-refractivity contribution is 0.0696. The molecule has 3 N–H and O–H groups in total. The van der Waals surface area contributed by atoms with E-state index in [4.69, 9.17) is 13.9 Å². The van der Waals surface area contributed by atoms with E-state index in [-0.39, 0.29) is 46.0 Å². The summed E-state index contributed by atoms with van der Waals surface area (Å²) in [4.78, 5) is 32.6. The summed E-state index contributed by atoms with van der Waals surface area (Å²) in [6, 6.07) is 25.1. The van der Waals surface area contributed by atoms with E-state index in [0.29, 0.717) is 24.3 Å². The molecule has 0 bridgehead atoms. The van der Waals surface area contributed by atoms with E-state index >= 15 is 4.39 Å². The SMILES string of the molecule is CCCC(CCO[Si](c1ccccc1)(c1ccccc1)C(C)(C)C)Nc1nc(NC(=O)OC)nc2c(F)nn(Cc3ccc(C(=O)O)cc3OC)c12. The molecule has 1 atom stereocenters. The molecule has 0 spiro atoms. The second-order valence-corrected chi connectivity index (χ2v) is 17.7. The molecule has 0 aliphatic carbocycles. The number of hydrogen-bond acceptors (Lipinski definition) is 9.